The molecule has 2 N–H and O–H groups in total. The molecular weight excluding hydrogens is 116 g/mol. The summed E-state index contributed by atoms with van der Waals surface area (Å²) in [6.45, 7) is 3.27. The van der Waals surface area contributed by atoms with Crippen molar-refractivity contribution in [2.45, 2.75) is 13.8 Å². The van der Waals surface area contributed by atoms with E-state index in [4.69, 9.17) is 10.5 Å². The first-order chi connectivity index (χ1) is 4.16. The minimum Gasteiger partial charge on any atom is -0.513 e. The normalized spacial score (nSPS) is 13.6. The van der Waals surface area contributed by atoms with E-state index in [-0.39, 0.29) is 5.76 Å². The second-order valence-electron chi connectivity index (χ2n) is 1.69. The average Bonchev–Trinajstić information content (AvgIpc) is 1.63. The summed E-state index contributed by atoms with van der Waals surface area (Å²) in [5.41, 5.74) is 0.630. The molecule has 0 fully saturated rings. The van der Waals surface area contributed by atoms with Gasteiger partial charge in [-0.05, 0) is 19.9 Å². The van der Waals surface area contributed by atoms with Crippen molar-refractivity contribution in [3.63, 3.8) is 0 Å². The van der Waals surface area contributed by atoms with Crippen molar-refractivity contribution >= 4 is 12.1 Å². The van der Waals surface area contributed by atoms with Crippen molar-refractivity contribution in [1.29, 1.82) is 5.41 Å². The van der Waals surface area contributed by atoms with Gasteiger partial charge in [0.05, 0.1) is 5.76 Å². The molecule has 0 radical (unpaired) electrons. The SMILES string of the molecule is CC(O)=C/C(C)=N\C=N. The second kappa shape index (κ2) is 3.83. The maximum atomic E-state index is 8.65. The molecule has 0 heterocycles. The number of hydrogen-bond acceptors (Lipinski definition) is 2. The van der Waals surface area contributed by atoms with Gasteiger partial charge in [-0.25, -0.2) is 4.99 Å². The largest absolute Gasteiger partial charge is 0.513 e. The zero-order valence-electron chi connectivity index (χ0n) is 5.55. The van der Waals surface area contributed by atoms with E-state index in [1.807, 2.05) is 0 Å². The van der Waals surface area contributed by atoms with E-state index < -0.39 is 0 Å². The van der Waals surface area contributed by atoms with Gasteiger partial charge in [0.25, 0.3) is 0 Å². The maximum absolute atomic E-state index is 8.65. The fraction of sp³-hybridized carbons (Fsp3) is 0.333. The van der Waals surface area contributed by atoms with Crippen molar-refractivity contribution in [2.75, 3.05) is 0 Å². The fourth-order valence-electron chi connectivity index (χ4n) is 0.441. The predicted molar refractivity (Wildman–Crippen MR) is 38.3 cm³/mol. The Balaban J connectivity index is 4.05. The second-order valence-corrected chi connectivity index (χ2v) is 1.69. The molecule has 3 heteroatoms. The molecule has 0 spiro atoms. The van der Waals surface area contributed by atoms with Crippen LogP contribution in [0, 0.1) is 5.41 Å². The summed E-state index contributed by atoms with van der Waals surface area (Å²) in [6, 6.07) is 0. The van der Waals surface area contributed by atoms with Gasteiger partial charge in [0.1, 0.15) is 6.34 Å². The number of rotatable bonds is 2. The van der Waals surface area contributed by atoms with Gasteiger partial charge in [0, 0.05) is 5.71 Å². The van der Waals surface area contributed by atoms with Crippen molar-refractivity contribution in [1.82, 2.24) is 0 Å². The smallest absolute Gasteiger partial charge is 0.107 e. The number of aliphatic hydroxyl groups is 1. The molecule has 0 saturated heterocycles. The van der Waals surface area contributed by atoms with Crippen LogP contribution in [0.3, 0.4) is 0 Å². The maximum Gasteiger partial charge on any atom is 0.107 e. The molecule has 0 bridgehead atoms. The van der Waals surface area contributed by atoms with Crippen LogP contribution in [0.15, 0.2) is 16.8 Å². The molecule has 0 aliphatic rings. The van der Waals surface area contributed by atoms with E-state index in [0.717, 1.165) is 6.34 Å². The summed E-state index contributed by atoms with van der Waals surface area (Å²) < 4.78 is 0. The number of aliphatic hydroxyl groups excluding tert-OH is 1. The number of nitrogens with zero attached hydrogens (tertiary/aromatic N) is 1. The highest BCUT2D eigenvalue weighted by atomic mass is 16.3. The molecule has 0 rings (SSSR count). The van der Waals surface area contributed by atoms with Gasteiger partial charge in [-0.1, -0.05) is 0 Å². The van der Waals surface area contributed by atoms with Gasteiger partial charge >= 0.3 is 0 Å². The van der Waals surface area contributed by atoms with Crippen LogP contribution in [0.1, 0.15) is 13.8 Å². The van der Waals surface area contributed by atoms with Gasteiger partial charge in [-0.2, -0.15) is 0 Å². The standard InChI is InChI=1S/C6H10N2O/c1-5(8-4-7)3-6(2)9/h3-4,7,9H,1-2H3/b6-3?,7-4?,8-5-. The highest BCUT2D eigenvalue weighted by molar-refractivity contribution is 5.97. The fourth-order valence-corrected chi connectivity index (χ4v) is 0.441. The first-order valence-corrected chi connectivity index (χ1v) is 2.57. The molecule has 0 unspecified atom stereocenters. The van der Waals surface area contributed by atoms with Crippen LogP contribution in [0.2, 0.25) is 0 Å². The van der Waals surface area contributed by atoms with Gasteiger partial charge in [-0.3, -0.25) is 5.41 Å². The van der Waals surface area contributed by atoms with E-state index in [0.29, 0.717) is 5.71 Å². The summed E-state index contributed by atoms with van der Waals surface area (Å²) >= 11 is 0. The Kier molecular flexibility index (Phi) is 3.35. The Morgan fingerprint density at radius 2 is 2.11 bits per heavy atom. The zero-order chi connectivity index (χ0) is 7.28. The quantitative estimate of drug-likeness (QED) is 0.329. The van der Waals surface area contributed by atoms with Crippen molar-refractivity contribution in [2.24, 2.45) is 4.99 Å². The Morgan fingerprint density at radius 1 is 1.56 bits per heavy atom. The minimum absolute atomic E-state index is 0.207. The molecule has 0 aliphatic heterocycles. The van der Waals surface area contributed by atoms with Gasteiger partial charge < -0.3 is 5.11 Å². The molecule has 0 aliphatic carbocycles. The number of aliphatic imine (C=N–C) groups is 1. The lowest BCUT2D eigenvalue weighted by Gasteiger charge is -1.87. The van der Waals surface area contributed by atoms with Gasteiger partial charge in [-0.15, -0.1) is 0 Å². The van der Waals surface area contributed by atoms with Crippen LogP contribution in [0.25, 0.3) is 0 Å². The molecule has 50 valence electrons. The lowest BCUT2D eigenvalue weighted by molar-refractivity contribution is 0.415. The molecular formula is C6H10N2O. The lowest BCUT2D eigenvalue weighted by Crippen LogP contribution is -1.86. The van der Waals surface area contributed by atoms with E-state index in [2.05, 4.69) is 4.99 Å². The van der Waals surface area contributed by atoms with Crippen molar-refractivity contribution in [3.8, 4) is 0 Å². The number of hydrogen-bond donors (Lipinski definition) is 2. The Morgan fingerprint density at radius 3 is 2.44 bits per heavy atom. The summed E-state index contributed by atoms with van der Waals surface area (Å²) in [7, 11) is 0. The summed E-state index contributed by atoms with van der Waals surface area (Å²) in [5, 5.41) is 15.2. The third-order valence-electron chi connectivity index (χ3n) is 0.686. The third-order valence-corrected chi connectivity index (χ3v) is 0.686. The zero-order valence-corrected chi connectivity index (χ0v) is 5.55. The van der Waals surface area contributed by atoms with E-state index in [1.165, 1.54) is 6.08 Å². The summed E-state index contributed by atoms with van der Waals surface area (Å²) in [5.74, 6) is 0.207. The van der Waals surface area contributed by atoms with Crippen LogP contribution in [-0.4, -0.2) is 17.2 Å². The summed E-state index contributed by atoms with van der Waals surface area (Å²) in [6.07, 6.45) is 2.43. The molecule has 9 heavy (non-hydrogen) atoms. The Labute approximate surface area is 54.2 Å². The van der Waals surface area contributed by atoms with Crippen LogP contribution in [-0.2, 0) is 0 Å². The van der Waals surface area contributed by atoms with E-state index in [1.54, 1.807) is 13.8 Å². The van der Waals surface area contributed by atoms with Crippen LogP contribution in [0.4, 0.5) is 0 Å². The minimum atomic E-state index is 0.207. The van der Waals surface area contributed by atoms with E-state index in [9.17, 15) is 0 Å². The van der Waals surface area contributed by atoms with Gasteiger partial charge in [0.2, 0.25) is 0 Å². The van der Waals surface area contributed by atoms with Crippen molar-refractivity contribution < 1.29 is 5.11 Å². The Bertz CT molecular complexity index is 154. The molecule has 0 aromatic heterocycles. The monoisotopic (exact) mass is 126 g/mol. The highest BCUT2D eigenvalue weighted by Crippen LogP contribution is 1.85. The highest BCUT2D eigenvalue weighted by Gasteiger charge is 1.82. The van der Waals surface area contributed by atoms with Crippen LogP contribution in [0.5, 0.6) is 0 Å². The average molecular weight is 126 g/mol. The third kappa shape index (κ3) is 4.74. The number of nitrogens with one attached hydrogen (secondary N) is 1. The van der Waals surface area contributed by atoms with E-state index >= 15 is 0 Å². The Hall–Kier alpha value is -1.12. The molecule has 0 atom stereocenters. The molecule has 3 nitrogen and oxygen atoms in total. The van der Waals surface area contributed by atoms with Crippen LogP contribution >= 0.6 is 0 Å². The molecule has 0 aromatic carbocycles. The predicted octanol–water partition coefficient (Wildman–Crippen LogP) is 1.52. The first kappa shape index (κ1) is 7.88. The summed E-state index contributed by atoms with van der Waals surface area (Å²) in [4.78, 5) is 3.59. The first-order valence-electron chi connectivity index (χ1n) is 2.57. The van der Waals surface area contributed by atoms with Crippen LogP contribution < -0.4 is 0 Å². The number of allylic oxidation sites excluding steroid dienone is 2. The van der Waals surface area contributed by atoms with Crippen molar-refractivity contribution in [3.05, 3.63) is 11.8 Å². The molecule has 0 saturated carbocycles. The van der Waals surface area contributed by atoms with Gasteiger partial charge in [0.15, 0.2) is 0 Å². The molecule has 0 aromatic rings. The molecule has 0 amide bonds. The topological polar surface area (TPSA) is 56.4 Å². The lowest BCUT2D eigenvalue weighted by atomic mass is 10.3.